The van der Waals surface area contributed by atoms with Gasteiger partial charge >= 0.3 is 0 Å². The van der Waals surface area contributed by atoms with Crippen molar-refractivity contribution >= 4 is 21.5 Å². The van der Waals surface area contributed by atoms with Crippen molar-refractivity contribution in [2.75, 3.05) is 13.2 Å². The molecule has 1 unspecified atom stereocenters. The maximum atomic E-state index is 6.13. The number of epoxide rings is 1. The molecule has 0 amide bonds. The summed E-state index contributed by atoms with van der Waals surface area (Å²) in [6.45, 7) is 3.64. The van der Waals surface area contributed by atoms with E-state index in [9.17, 15) is 0 Å². The third kappa shape index (κ3) is 2.36. The standard InChI is InChI=1S/C19H18O2/c1-2-13-7-8-15-10-14-5-3-4-6-17(14)19(18(15)9-13)21-12-16-11-20-16/h3-10,16H,2,11-12H2,1H3. The zero-order valence-electron chi connectivity index (χ0n) is 12.1. The van der Waals surface area contributed by atoms with Crippen LogP contribution in [0.4, 0.5) is 0 Å². The maximum Gasteiger partial charge on any atom is 0.135 e. The number of hydrogen-bond donors (Lipinski definition) is 0. The number of benzene rings is 3. The van der Waals surface area contributed by atoms with Crippen LogP contribution in [0.3, 0.4) is 0 Å². The van der Waals surface area contributed by atoms with Gasteiger partial charge in [0.15, 0.2) is 0 Å². The van der Waals surface area contributed by atoms with Crippen molar-refractivity contribution in [3.05, 3.63) is 54.1 Å². The first-order valence-electron chi connectivity index (χ1n) is 7.54. The van der Waals surface area contributed by atoms with Crippen molar-refractivity contribution in [2.45, 2.75) is 19.4 Å². The molecular formula is C19H18O2. The van der Waals surface area contributed by atoms with Crippen molar-refractivity contribution in [2.24, 2.45) is 0 Å². The smallest absolute Gasteiger partial charge is 0.135 e. The minimum absolute atomic E-state index is 0.272. The van der Waals surface area contributed by atoms with Crippen LogP contribution in [0.2, 0.25) is 0 Å². The van der Waals surface area contributed by atoms with Crippen LogP contribution in [0.5, 0.6) is 5.75 Å². The van der Waals surface area contributed by atoms with E-state index in [1.54, 1.807) is 0 Å². The number of hydrogen-bond acceptors (Lipinski definition) is 2. The summed E-state index contributed by atoms with van der Waals surface area (Å²) in [7, 11) is 0. The fraction of sp³-hybridized carbons (Fsp3) is 0.263. The normalized spacial score (nSPS) is 17.3. The van der Waals surface area contributed by atoms with Crippen molar-refractivity contribution in [1.29, 1.82) is 0 Å². The van der Waals surface area contributed by atoms with Crippen LogP contribution in [0, 0.1) is 0 Å². The Morgan fingerprint density at radius 3 is 2.67 bits per heavy atom. The molecule has 1 saturated heterocycles. The summed E-state index contributed by atoms with van der Waals surface area (Å²) >= 11 is 0. The molecule has 106 valence electrons. The fourth-order valence-electron chi connectivity index (χ4n) is 2.78. The highest BCUT2D eigenvalue weighted by Gasteiger charge is 2.24. The van der Waals surface area contributed by atoms with Crippen molar-refractivity contribution in [1.82, 2.24) is 0 Å². The van der Waals surface area contributed by atoms with Crippen LogP contribution in [-0.4, -0.2) is 19.3 Å². The van der Waals surface area contributed by atoms with E-state index in [0.29, 0.717) is 6.61 Å². The van der Waals surface area contributed by atoms with Crippen molar-refractivity contribution in [3.8, 4) is 5.75 Å². The summed E-state index contributed by atoms with van der Waals surface area (Å²) in [6.07, 6.45) is 1.31. The average Bonchev–Trinajstić information content (AvgIpc) is 3.35. The Kier molecular flexibility index (Phi) is 3.04. The minimum Gasteiger partial charge on any atom is -0.489 e. The molecule has 1 aliphatic heterocycles. The molecule has 3 aromatic rings. The van der Waals surface area contributed by atoms with Gasteiger partial charge in [-0.3, -0.25) is 0 Å². The van der Waals surface area contributed by atoms with E-state index >= 15 is 0 Å². The Hall–Kier alpha value is -2.06. The van der Waals surface area contributed by atoms with Crippen LogP contribution in [0.15, 0.2) is 48.5 Å². The lowest BCUT2D eigenvalue weighted by Crippen LogP contribution is -2.05. The second-order valence-electron chi connectivity index (χ2n) is 5.60. The quantitative estimate of drug-likeness (QED) is 0.523. The third-order valence-electron chi connectivity index (χ3n) is 4.10. The molecule has 4 rings (SSSR count). The second kappa shape index (κ2) is 5.05. The molecule has 3 aromatic carbocycles. The van der Waals surface area contributed by atoms with Crippen LogP contribution >= 0.6 is 0 Å². The zero-order valence-corrected chi connectivity index (χ0v) is 12.1. The number of ether oxygens (including phenoxy) is 2. The van der Waals surface area contributed by atoms with Crippen LogP contribution in [0.25, 0.3) is 21.5 Å². The molecule has 0 aromatic heterocycles. The van der Waals surface area contributed by atoms with E-state index < -0.39 is 0 Å². The molecule has 1 atom stereocenters. The first-order valence-corrected chi connectivity index (χ1v) is 7.54. The first-order chi connectivity index (χ1) is 10.3. The average molecular weight is 278 g/mol. The predicted octanol–water partition coefficient (Wildman–Crippen LogP) is 4.33. The predicted molar refractivity (Wildman–Crippen MR) is 86.1 cm³/mol. The van der Waals surface area contributed by atoms with E-state index in [2.05, 4.69) is 55.5 Å². The minimum atomic E-state index is 0.272. The van der Waals surface area contributed by atoms with Crippen LogP contribution in [-0.2, 0) is 11.2 Å². The Morgan fingerprint density at radius 1 is 1.05 bits per heavy atom. The van der Waals surface area contributed by atoms with E-state index in [0.717, 1.165) is 18.8 Å². The molecule has 0 aliphatic carbocycles. The van der Waals surface area contributed by atoms with Gasteiger partial charge in [-0.05, 0) is 34.9 Å². The Morgan fingerprint density at radius 2 is 1.86 bits per heavy atom. The number of rotatable bonds is 4. The Balaban J connectivity index is 1.94. The molecule has 1 heterocycles. The monoisotopic (exact) mass is 278 g/mol. The second-order valence-corrected chi connectivity index (χ2v) is 5.60. The molecule has 0 saturated carbocycles. The lowest BCUT2D eigenvalue weighted by atomic mass is 9.99. The molecule has 0 radical (unpaired) electrons. The van der Waals surface area contributed by atoms with Gasteiger partial charge in [0, 0.05) is 10.8 Å². The Labute approximate surface area is 124 Å². The molecule has 0 spiro atoms. The summed E-state index contributed by atoms with van der Waals surface area (Å²) in [5.41, 5.74) is 1.34. The lowest BCUT2D eigenvalue weighted by molar-refractivity contribution is 0.267. The highest BCUT2D eigenvalue weighted by molar-refractivity contribution is 6.05. The van der Waals surface area contributed by atoms with E-state index in [-0.39, 0.29) is 6.10 Å². The summed E-state index contributed by atoms with van der Waals surface area (Å²) in [5, 5.41) is 4.84. The third-order valence-corrected chi connectivity index (χ3v) is 4.10. The molecule has 2 heteroatoms. The van der Waals surface area contributed by atoms with Gasteiger partial charge in [-0.1, -0.05) is 43.3 Å². The van der Waals surface area contributed by atoms with Gasteiger partial charge in [-0.2, -0.15) is 0 Å². The highest BCUT2D eigenvalue weighted by atomic mass is 16.6. The molecule has 0 bridgehead atoms. The topological polar surface area (TPSA) is 21.8 Å². The SMILES string of the molecule is CCc1ccc2cc3ccccc3c(OCC3CO3)c2c1. The summed E-state index contributed by atoms with van der Waals surface area (Å²) in [5.74, 6) is 0.994. The van der Waals surface area contributed by atoms with E-state index in [4.69, 9.17) is 9.47 Å². The van der Waals surface area contributed by atoms with Gasteiger partial charge < -0.3 is 9.47 Å². The molecule has 2 nitrogen and oxygen atoms in total. The summed E-state index contributed by atoms with van der Waals surface area (Å²) in [6, 6.07) is 17.3. The van der Waals surface area contributed by atoms with Crippen molar-refractivity contribution < 1.29 is 9.47 Å². The van der Waals surface area contributed by atoms with Crippen LogP contribution < -0.4 is 4.74 Å². The number of fused-ring (bicyclic) bond motifs is 2. The van der Waals surface area contributed by atoms with Gasteiger partial charge in [-0.25, -0.2) is 0 Å². The Bertz CT molecular complexity index is 803. The first kappa shape index (κ1) is 12.7. The highest BCUT2D eigenvalue weighted by Crippen LogP contribution is 2.36. The number of aryl methyl sites for hydroxylation is 1. The lowest BCUT2D eigenvalue weighted by Gasteiger charge is -2.13. The largest absolute Gasteiger partial charge is 0.489 e. The van der Waals surface area contributed by atoms with E-state index in [1.165, 1.54) is 27.1 Å². The van der Waals surface area contributed by atoms with E-state index in [1.807, 2.05) is 0 Å². The van der Waals surface area contributed by atoms with Gasteiger partial charge in [0.25, 0.3) is 0 Å². The molecular weight excluding hydrogens is 260 g/mol. The molecule has 1 aliphatic rings. The zero-order chi connectivity index (χ0) is 14.2. The van der Waals surface area contributed by atoms with Crippen molar-refractivity contribution in [3.63, 3.8) is 0 Å². The molecule has 1 fully saturated rings. The van der Waals surface area contributed by atoms with Gasteiger partial charge in [0.2, 0.25) is 0 Å². The summed E-state index contributed by atoms with van der Waals surface area (Å²) < 4.78 is 11.4. The van der Waals surface area contributed by atoms with Gasteiger partial charge in [-0.15, -0.1) is 0 Å². The maximum absolute atomic E-state index is 6.13. The summed E-state index contributed by atoms with van der Waals surface area (Å²) in [4.78, 5) is 0. The molecule has 21 heavy (non-hydrogen) atoms. The van der Waals surface area contributed by atoms with Crippen LogP contribution in [0.1, 0.15) is 12.5 Å². The van der Waals surface area contributed by atoms with Gasteiger partial charge in [0.05, 0.1) is 6.61 Å². The van der Waals surface area contributed by atoms with Gasteiger partial charge in [0.1, 0.15) is 18.5 Å². The fourth-order valence-corrected chi connectivity index (χ4v) is 2.78. The molecule has 0 N–H and O–H groups in total.